The minimum Gasteiger partial charge on any atom is -0.458 e. The molecule has 0 aliphatic carbocycles. The van der Waals surface area contributed by atoms with E-state index in [9.17, 15) is 4.39 Å². The molecule has 0 radical (unpaired) electrons. The standard InChI is InChI=1S/C11H9BrFN3O/c12-9-5-10(14)16-11(15-9)17-6-7-3-1-2-4-8(7)13/h1-5H,6H2,(H2,14,15,16). The molecule has 4 nitrogen and oxygen atoms in total. The Labute approximate surface area is 106 Å². The van der Waals surface area contributed by atoms with Crippen LogP contribution in [-0.4, -0.2) is 9.97 Å². The van der Waals surface area contributed by atoms with Crippen LogP contribution in [0.1, 0.15) is 5.56 Å². The smallest absolute Gasteiger partial charge is 0.319 e. The van der Waals surface area contributed by atoms with Crippen LogP contribution in [0.15, 0.2) is 34.9 Å². The summed E-state index contributed by atoms with van der Waals surface area (Å²) >= 11 is 3.17. The monoisotopic (exact) mass is 297 g/mol. The van der Waals surface area contributed by atoms with Crippen molar-refractivity contribution in [3.8, 4) is 6.01 Å². The highest BCUT2D eigenvalue weighted by atomic mass is 79.9. The molecule has 1 aromatic carbocycles. The van der Waals surface area contributed by atoms with E-state index in [1.807, 2.05) is 0 Å². The number of nitrogen functional groups attached to an aromatic ring is 1. The number of ether oxygens (including phenoxy) is 1. The first-order chi connectivity index (χ1) is 8.15. The molecule has 0 aliphatic rings. The van der Waals surface area contributed by atoms with Gasteiger partial charge in [0.05, 0.1) is 0 Å². The molecule has 0 aliphatic heterocycles. The van der Waals surface area contributed by atoms with Gasteiger partial charge in [0, 0.05) is 11.6 Å². The van der Waals surface area contributed by atoms with Crippen molar-refractivity contribution in [2.45, 2.75) is 6.61 Å². The molecule has 2 N–H and O–H groups in total. The molecule has 0 amide bonds. The summed E-state index contributed by atoms with van der Waals surface area (Å²) in [6.45, 7) is 0.0581. The average Bonchev–Trinajstić information content (AvgIpc) is 2.27. The second kappa shape index (κ2) is 5.09. The number of hydrogen-bond acceptors (Lipinski definition) is 4. The Morgan fingerprint density at radius 2 is 2.06 bits per heavy atom. The largest absolute Gasteiger partial charge is 0.458 e. The van der Waals surface area contributed by atoms with E-state index in [-0.39, 0.29) is 24.3 Å². The lowest BCUT2D eigenvalue weighted by molar-refractivity contribution is 0.275. The number of benzene rings is 1. The molecule has 0 saturated heterocycles. The average molecular weight is 298 g/mol. The van der Waals surface area contributed by atoms with Gasteiger partial charge in [-0.2, -0.15) is 9.97 Å². The Balaban J connectivity index is 2.10. The molecule has 0 fully saturated rings. The van der Waals surface area contributed by atoms with Gasteiger partial charge in [-0.15, -0.1) is 0 Å². The lowest BCUT2D eigenvalue weighted by Gasteiger charge is -2.06. The van der Waals surface area contributed by atoms with Gasteiger partial charge in [-0.25, -0.2) is 4.39 Å². The summed E-state index contributed by atoms with van der Waals surface area (Å²) in [5.74, 6) is -0.0362. The third-order valence-electron chi connectivity index (χ3n) is 2.01. The number of aromatic nitrogens is 2. The maximum Gasteiger partial charge on any atom is 0.319 e. The van der Waals surface area contributed by atoms with Gasteiger partial charge in [-0.3, -0.25) is 0 Å². The van der Waals surface area contributed by atoms with E-state index in [0.29, 0.717) is 10.2 Å². The van der Waals surface area contributed by atoms with Crippen molar-refractivity contribution in [1.82, 2.24) is 9.97 Å². The summed E-state index contributed by atoms with van der Waals surface area (Å²) in [6.07, 6.45) is 0. The van der Waals surface area contributed by atoms with E-state index < -0.39 is 0 Å². The molecule has 1 aromatic heterocycles. The van der Waals surface area contributed by atoms with E-state index in [2.05, 4.69) is 25.9 Å². The Morgan fingerprint density at radius 1 is 1.29 bits per heavy atom. The molecule has 2 rings (SSSR count). The molecule has 6 heteroatoms. The fraction of sp³-hybridized carbons (Fsp3) is 0.0909. The minimum absolute atomic E-state index is 0.0581. The lowest BCUT2D eigenvalue weighted by atomic mass is 10.2. The second-order valence-electron chi connectivity index (χ2n) is 3.28. The molecule has 88 valence electrons. The summed E-state index contributed by atoms with van der Waals surface area (Å²) in [5.41, 5.74) is 5.96. The zero-order valence-corrected chi connectivity index (χ0v) is 10.3. The van der Waals surface area contributed by atoms with E-state index in [1.165, 1.54) is 6.07 Å². The zero-order valence-electron chi connectivity index (χ0n) is 8.73. The number of nitrogens with two attached hydrogens (primary N) is 1. The van der Waals surface area contributed by atoms with Crippen LogP contribution in [0.4, 0.5) is 10.2 Å². The number of hydrogen-bond donors (Lipinski definition) is 1. The van der Waals surface area contributed by atoms with Crippen LogP contribution >= 0.6 is 15.9 Å². The molecule has 0 atom stereocenters. The van der Waals surface area contributed by atoms with Gasteiger partial charge < -0.3 is 10.5 Å². The van der Waals surface area contributed by atoms with Crippen molar-refractivity contribution >= 4 is 21.7 Å². The topological polar surface area (TPSA) is 61.0 Å². The normalized spacial score (nSPS) is 10.2. The van der Waals surface area contributed by atoms with Crippen molar-refractivity contribution in [2.75, 3.05) is 5.73 Å². The van der Waals surface area contributed by atoms with Gasteiger partial charge in [0.15, 0.2) is 0 Å². The molecule has 0 bridgehead atoms. The highest BCUT2D eigenvalue weighted by Crippen LogP contribution is 2.15. The van der Waals surface area contributed by atoms with E-state index >= 15 is 0 Å². The highest BCUT2D eigenvalue weighted by Gasteiger charge is 2.05. The second-order valence-corrected chi connectivity index (χ2v) is 4.09. The Kier molecular flexibility index (Phi) is 3.53. The number of halogens is 2. The predicted molar refractivity (Wildman–Crippen MR) is 64.9 cm³/mol. The highest BCUT2D eigenvalue weighted by molar-refractivity contribution is 9.10. The lowest BCUT2D eigenvalue weighted by Crippen LogP contribution is -2.03. The summed E-state index contributed by atoms with van der Waals surface area (Å²) in [6, 6.07) is 8.02. The number of nitrogens with zero attached hydrogens (tertiary/aromatic N) is 2. The van der Waals surface area contributed by atoms with Crippen molar-refractivity contribution in [3.63, 3.8) is 0 Å². The van der Waals surface area contributed by atoms with Gasteiger partial charge in [-0.05, 0) is 22.0 Å². The Bertz CT molecular complexity index is 516. The van der Waals surface area contributed by atoms with Crippen molar-refractivity contribution in [2.24, 2.45) is 0 Å². The van der Waals surface area contributed by atoms with Crippen LogP contribution < -0.4 is 10.5 Å². The van der Waals surface area contributed by atoms with Crippen LogP contribution in [0.2, 0.25) is 0 Å². The predicted octanol–water partition coefficient (Wildman–Crippen LogP) is 2.54. The van der Waals surface area contributed by atoms with E-state index in [1.54, 1.807) is 24.3 Å². The van der Waals surface area contributed by atoms with Crippen LogP contribution in [0, 0.1) is 5.82 Å². The fourth-order valence-electron chi connectivity index (χ4n) is 1.24. The number of anilines is 1. The molecular formula is C11H9BrFN3O. The van der Waals surface area contributed by atoms with E-state index in [4.69, 9.17) is 10.5 Å². The first kappa shape index (κ1) is 11.8. The van der Waals surface area contributed by atoms with Crippen LogP contribution in [-0.2, 0) is 6.61 Å². The zero-order chi connectivity index (χ0) is 12.3. The quantitative estimate of drug-likeness (QED) is 0.885. The molecule has 17 heavy (non-hydrogen) atoms. The summed E-state index contributed by atoms with van der Waals surface area (Å²) in [4.78, 5) is 7.83. The first-order valence-corrected chi connectivity index (χ1v) is 5.61. The summed E-state index contributed by atoms with van der Waals surface area (Å²) in [5, 5.41) is 0. The maximum absolute atomic E-state index is 13.3. The summed E-state index contributed by atoms with van der Waals surface area (Å²) < 4.78 is 19.1. The van der Waals surface area contributed by atoms with Crippen LogP contribution in [0.3, 0.4) is 0 Å². The van der Waals surface area contributed by atoms with Crippen LogP contribution in [0.5, 0.6) is 6.01 Å². The first-order valence-electron chi connectivity index (χ1n) is 4.81. The third-order valence-corrected chi connectivity index (χ3v) is 2.42. The van der Waals surface area contributed by atoms with Gasteiger partial charge in [0.25, 0.3) is 0 Å². The summed E-state index contributed by atoms with van der Waals surface area (Å²) in [7, 11) is 0. The van der Waals surface area contributed by atoms with Crippen LogP contribution in [0.25, 0.3) is 0 Å². The molecule has 0 spiro atoms. The molecule has 2 aromatic rings. The van der Waals surface area contributed by atoms with E-state index in [0.717, 1.165) is 0 Å². The van der Waals surface area contributed by atoms with Crippen molar-refractivity contribution in [3.05, 3.63) is 46.3 Å². The molecule has 0 saturated carbocycles. The number of rotatable bonds is 3. The van der Waals surface area contributed by atoms with Gasteiger partial charge in [0.2, 0.25) is 0 Å². The van der Waals surface area contributed by atoms with Gasteiger partial charge in [-0.1, -0.05) is 18.2 Å². The SMILES string of the molecule is Nc1cc(Br)nc(OCc2ccccc2F)n1. The molecule has 1 heterocycles. The molecule has 0 unspecified atom stereocenters. The Morgan fingerprint density at radius 3 is 2.76 bits per heavy atom. The minimum atomic E-state index is -0.324. The van der Waals surface area contributed by atoms with Gasteiger partial charge in [0.1, 0.15) is 22.8 Å². The van der Waals surface area contributed by atoms with Crippen molar-refractivity contribution < 1.29 is 9.13 Å². The Hall–Kier alpha value is -1.69. The third kappa shape index (κ3) is 3.13. The maximum atomic E-state index is 13.3. The van der Waals surface area contributed by atoms with Crippen molar-refractivity contribution in [1.29, 1.82) is 0 Å². The molecular weight excluding hydrogens is 289 g/mol. The fourth-order valence-corrected chi connectivity index (χ4v) is 1.62. The van der Waals surface area contributed by atoms with Gasteiger partial charge >= 0.3 is 6.01 Å².